The monoisotopic (exact) mass is 299 g/mol. The molecule has 1 aliphatic carbocycles. The third-order valence-corrected chi connectivity index (χ3v) is 3.92. The molecule has 1 N–H and O–H groups in total. The van der Waals surface area contributed by atoms with Crippen molar-refractivity contribution in [3.05, 3.63) is 0 Å². The van der Waals surface area contributed by atoms with E-state index in [1.807, 2.05) is 0 Å². The third kappa shape index (κ3) is 7.46. The van der Waals surface area contributed by atoms with Crippen molar-refractivity contribution in [1.82, 2.24) is 4.90 Å². The van der Waals surface area contributed by atoms with E-state index in [4.69, 9.17) is 4.74 Å². The molecule has 1 aliphatic rings. The van der Waals surface area contributed by atoms with Gasteiger partial charge in [-0.15, -0.1) is 0 Å². The van der Waals surface area contributed by atoms with Crippen molar-refractivity contribution in [3.8, 4) is 0 Å². The molecule has 5 heteroatoms. The first-order chi connectivity index (χ1) is 10.0. The fourth-order valence-electron chi connectivity index (χ4n) is 2.86. The highest BCUT2D eigenvalue weighted by molar-refractivity contribution is 5.77. The molecule has 1 atom stereocenters. The number of hydrogen-bond acceptors (Lipinski definition) is 4. The SMILES string of the molecule is CCOC(=O)CCN(CC(C)O)C(=O)CC1CCCCC1. The molecule has 0 bridgehead atoms. The number of aliphatic hydroxyl groups excluding tert-OH is 1. The summed E-state index contributed by atoms with van der Waals surface area (Å²) in [5.74, 6) is 0.219. The van der Waals surface area contributed by atoms with Crippen LogP contribution in [0.5, 0.6) is 0 Å². The summed E-state index contributed by atoms with van der Waals surface area (Å²) < 4.78 is 4.89. The number of ether oxygens (including phenoxy) is 1. The van der Waals surface area contributed by atoms with Crippen molar-refractivity contribution in [2.24, 2.45) is 5.92 Å². The van der Waals surface area contributed by atoms with E-state index in [0.29, 0.717) is 25.5 Å². The molecule has 0 aliphatic heterocycles. The minimum Gasteiger partial charge on any atom is -0.466 e. The maximum Gasteiger partial charge on any atom is 0.307 e. The zero-order valence-corrected chi connectivity index (χ0v) is 13.3. The van der Waals surface area contributed by atoms with Gasteiger partial charge in [-0.05, 0) is 32.6 Å². The molecule has 0 radical (unpaired) electrons. The number of nitrogens with zero attached hydrogens (tertiary/aromatic N) is 1. The second-order valence-electron chi connectivity index (χ2n) is 5.95. The second kappa shape index (κ2) is 9.77. The highest BCUT2D eigenvalue weighted by atomic mass is 16.5. The zero-order valence-electron chi connectivity index (χ0n) is 13.3. The quantitative estimate of drug-likeness (QED) is 0.697. The van der Waals surface area contributed by atoms with Crippen LogP contribution in [-0.2, 0) is 14.3 Å². The van der Waals surface area contributed by atoms with E-state index in [-0.39, 0.29) is 24.8 Å². The van der Waals surface area contributed by atoms with Gasteiger partial charge >= 0.3 is 5.97 Å². The lowest BCUT2D eigenvalue weighted by molar-refractivity contribution is -0.144. The summed E-state index contributed by atoms with van der Waals surface area (Å²) in [6, 6.07) is 0. The van der Waals surface area contributed by atoms with Crippen molar-refractivity contribution in [2.45, 2.75) is 64.9 Å². The molecule has 0 aromatic heterocycles. The summed E-state index contributed by atoms with van der Waals surface area (Å²) in [5.41, 5.74) is 0. The Morgan fingerprint density at radius 2 is 1.95 bits per heavy atom. The van der Waals surface area contributed by atoms with Crippen LogP contribution in [-0.4, -0.2) is 47.7 Å². The lowest BCUT2D eigenvalue weighted by Gasteiger charge is -2.27. The molecule has 1 rings (SSSR count). The Hall–Kier alpha value is -1.10. The van der Waals surface area contributed by atoms with Crippen LogP contribution in [0.25, 0.3) is 0 Å². The second-order valence-corrected chi connectivity index (χ2v) is 5.95. The third-order valence-electron chi connectivity index (χ3n) is 3.92. The fourth-order valence-corrected chi connectivity index (χ4v) is 2.86. The fraction of sp³-hybridized carbons (Fsp3) is 0.875. The normalized spacial score (nSPS) is 17.3. The Morgan fingerprint density at radius 3 is 2.52 bits per heavy atom. The standard InChI is InChI=1S/C16H29NO4/c1-3-21-16(20)9-10-17(12-13(2)18)15(19)11-14-7-5-4-6-8-14/h13-14,18H,3-12H2,1-2H3. The lowest BCUT2D eigenvalue weighted by atomic mass is 9.86. The topological polar surface area (TPSA) is 66.8 Å². The van der Waals surface area contributed by atoms with E-state index >= 15 is 0 Å². The molecular weight excluding hydrogens is 270 g/mol. The van der Waals surface area contributed by atoms with Gasteiger partial charge in [0.1, 0.15) is 0 Å². The van der Waals surface area contributed by atoms with Crippen LogP contribution in [0.3, 0.4) is 0 Å². The maximum absolute atomic E-state index is 12.4. The summed E-state index contributed by atoms with van der Waals surface area (Å²) >= 11 is 0. The molecule has 0 aromatic rings. The van der Waals surface area contributed by atoms with Gasteiger partial charge in [0.25, 0.3) is 0 Å². The molecule has 5 nitrogen and oxygen atoms in total. The number of esters is 1. The minimum atomic E-state index is -0.581. The molecule has 0 heterocycles. The van der Waals surface area contributed by atoms with Gasteiger partial charge in [-0.25, -0.2) is 0 Å². The van der Waals surface area contributed by atoms with E-state index < -0.39 is 6.10 Å². The Balaban J connectivity index is 2.46. The van der Waals surface area contributed by atoms with Gasteiger partial charge in [0.2, 0.25) is 5.91 Å². The number of aliphatic hydroxyl groups is 1. The molecule has 1 fully saturated rings. The number of hydrogen-bond donors (Lipinski definition) is 1. The molecule has 1 unspecified atom stereocenters. The average Bonchev–Trinajstić information content (AvgIpc) is 2.44. The molecule has 21 heavy (non-hydrogen) atoms. The minimum absolute atomic E-state index is 0.0482. The van der Waals surface area contributed by atoms with Crippen LogP contribution >= 0.6 is 0 Å². The van der Waals surface area contributed by atoms with Crippen molar-refractivity contribution < 1.29 is 19.4 Å². The zero-order chi connectivity index (χ0) is 15.7. The largest absolute Gasteiger partial charge is 0.466 e. The van der Waals surface area contributed by atoms with Crippen molar-refractivity contribution >= 4 is 11.9 Å². The highest BCUT2D eigenvalue weighted by Crippen LogP contribution is 2.26. The van der Waals surface area contributed by atoms with Crippen LogP contribution in [0.2, 0.25) is 0 Å². The molecule has 1 saturated carbocycles. The van der Waals surface area contributed by atoms with Crippen LogP contribution < -0.4 is 0 Å². The van der Waals surface area contributed by atoms with Gasteiger partial charge < -0.3 is 14.7 Å². The van der Waals surface area contributed by atoms with Crippen LogP contribution in [0.4, 0.5) is 0 Å². The highest BCUT2D eigenvalue weighted by Gasteiger charge is 2.22. The lowest BCUT2D eigenvalue weighted by Crippen LogP contribution is -2.39. The molecule has 0 saturated heterocycles. The summed E-state index contributed by atoms with van der Waals surface area (Å²) in [4.78, 5) is 25.4. The van der Waals surface area contributed by atoms with Crippen LogP contribution in [0.1, 0.15) is 58.8 Å². The predicted octanol–water partition coefficient (Wildman–Crippen LogP) is 2.12. The predicted molar refractivity (Wildman–Crippen MR) is 80.7 cm³/mol. The molecule has 122 valence electrons. The van der Waals surface area contributed by atoms with Crippen LogP contribution in [0.15, 0.2) is 0 Å². The van der Waals surface area contributed by atoms with Gasteiger partial charge in [-0.1, -0.05) is 19.3 Å². The first-order valence-corrected chi connectivity index (χ1v) is 8.14. The summed E-state index contributed by atoms with van der Waals surface area (Å²) in [6.45, 7) is 4.39. The Bertz CT molecular complexity index is 324. The molecule has 1 amide bonds. The van der Waals surface area contributed by atoms with Gasteiger partial charge in [-0.3, -0.25) is 9.59 Å². The first-order valence-electron chi connectivity index (χ1n) is 8.14. The van der Waals surface area contributed by atoms with Crippen molar-refractivity contribution in [2.75, 3.05) is 19.7 Å². The maximum atomic E-state index is 12.4. The Labute approximate surface area is 127 Å². The molecule has 0 spiro atoms. The van der Waals surface area contributed by atoms with E-state index in [2.05, 4.69) is 0 Å². The smallest absolute Gasteiger partial charge is 0.307 e. The van der Waals surface area contributed by atoms with E-state index in [1.165, 1.54) is 19.3 Å². The van der Waals surface area contributed by atoms with Gasteiger partial charge in [0.15, 0.2) is 0 Å². The number of rotatable bonds is 8. The summed E-state index contributed by atoms with van der Waals surface area (Å²) in [6.07, 6.45) is 6.06. The van der Waals surface area contributed by atoms with Crippen LogP contribution in [0, 0.1) is 5.92 Å². The van der Waals surface area contributed by atoms with Gasteiger partial charge in [0, 0.05) is 19.5 Å². The number of carbonyl (C=O) groups excluding carboxylic acids is 2. The Kier molecular flexibility index (Phi) is 8.35. The number of amides is 1. The molecular formula is C16H29NO4. The van der Waals surface area contributed by atoms with E-state index in [9.17, 15) is 14.7 Å². The Morgan fingerprint density at radius 1 is 1.29 bits per heavy atom. The van der Waals surface area contributed by atoms with Gasteiger partial charge in [0.05, 0.1) is 19.1 Å². The van der Waals surface area contributed by atoms with Gasteiger partial charge in [-0.2, -0.15) is 0 Å². The van der Waals surface area contributed by atoms with Crippen molar-refractivity contribution in [1.29, 1.82) is 0 Å². The van der Waals surface area contributed by atoms with Crippen molar-refractivity contribution in [3.63, 3.8) is 0 Å². The van der Waals surface area contributed by atoms with E-state index in [1.54, 1.807) is 18.7 Å². The number of carbonyl (C=O) groups is 2. The molecule has 0 aromatic carbocycles. The average molecular weight is 299 g/mol. The van der Waals surface area contributed by atoms with E-state index in [0.717, 1.165) is 12.8 Å². The summed E-state index contributed by atoms with van der Waals surface area (Å²) in [5, 5.41) is 9.54. The first kappa shape index (κ1) is 18.0. The summed E-state index contributed by atoms with van der Waals surface area (Å²) in [7, 11) is 0.